The molecule has 5 rings (SSSR count). The Morgan fingerprint density at radius 3 is 2.47 bits per heavy atom. The molecule has 2 aromatic heterocycles. The number of H-pyrrole nitrogens is 1. The number of rotatable bonds is 10. The first kappa shape index (κ1) is 31.2. The van der Waals surface area contributed by atoms with Crippen molar-refractivity contribution in [2.75, 3.05) is 18.6 Å². The van der Waals surface area contributed by atoms with Crippen molar-refractivity contribution in [3.8, 4) is 23.3 Å². The Bertz CT molecular complexity index is 1810. The van der Waals surface area contributed by atoms with Gasteiger partial charge in [-0.3, -0.25) is 24.5 Å². The molecule has 1 amide bonds. The van der Waals surface area contributed by atoms with Gasteiger partial charge in [0.05, 0.1) is 10.6 Å². The molecule has 1 atom stereocenters. The van der Waals surface area contributed by atoms with Crippen LogP contribution in [0.4, 0.5) is 10.5 Å². The maximum absolute atomic E-state index is 14.2. The van der Waals surface area contributed by atoms with E-state index in [4.69, 9.17) is 19.2 Å². The summed E-state index contributed by atoms with van der Waals surface area (Å²) in [5.41, 5.74) is -1.18. The average Bonchev–Trinajstić information content (AvgIpc) is 3.58. The van der Waals surface area contributed by atoms with Gasteiger partial charge in [-0.2, -0.15) is 0 Å². The number of ether oxygens (including phenoxy) is 3. The summed E-state index contributed by atoms with van der Waals surface area (Å²) in [5.74, 6) is 0.543. The van der Waals surface area contributed by atoms with Gasteiger partial charge < -0.3 is 19.3 Å². The zero-order valence-corrected chi connectivity index (χ0v) is 26.0. The third kappa shape index (κ3) is 7.29. The maximum atomic E-state index is 14.2. The van der Waals surface area contributed by atoms with Crippen molar-refractivity contribution in [1.82, 2.24) is 9.97 Å². The van der Waals surface area contributed by atoms with Crippen LogP contribution in [-0.4, -0.2) is 52.4 Å². The molecule has 2 N–H and O–H groups in total. The SMILES string of the molecule is CN(C(=O)OC(C)(C)C)c1cc(Oc2ccccn2)ccc1C1(C(=O)COc2ccccc2)C=C(Cc2sc(=O)[nH]c2O)C=N1. The zero-order chi connectivity index (χ0) is 32.2. The highest BCUT2D eigenvalue weighted by atomic mass is 32.1. The number of hydrogen-bond acceptors (Lipinski definition) is 10. The maximum Gasteiger partial charge on any atom is 0.414 e. The lowest BCUT2D eigenvalue weighted by Crippen LogP contribution is -2.39. The second-order valence-corrected chi connectivity index (χ2v) is 12.3. The van der Waals surface area contributed by atoms with E-state index in [9.17, 15) is 19.5 Å². The molecule has 0 aliphatic carbocycles. The van der Waals surface area contributed by atoms with Gasteiger partial charge in [0.25, 0.3) is 0 Å². The summed E-state index contributed by atoms with van der Waals surface area (Å²) in [6.07, 6.45) is 4.27. The van der Waals surface area contributed by atoms with E-state index in [1.54, 1.807) is 93.7 Å². The number of carbonyl (C=O) groups excluding carboxylic acids is 2. The first-order valence-electron chi connectivity index (χ1n) is 14.0. The van der Waals surface area contributed by atoms with Crippen LogP contribution < -0.4 is 19.2 Å². The van der Waals surface area contributed by atoms with Crippen molar-refractivity contribution in [3.63, 3.8) is 0 Å². The molecule has 1 aliphatic heterocycles. The van der Waals surface area contributed by atoms with Crippen LogP contribution in [0.25, 0.3) is 0 Å². The second kappa shape index (κ2) is 12.8. The lowest BCUT2D eigenvalue weighted by Gasteiger charge is -2.31. The number of pyridine rings is 1. The van der Waals surface area contributed by atoms with Gasteiger partial charge in [-0.05, 0) is 62.8 Å². The molecule has 4 aromatic rings. The van der Waals surface area contributed by atoms with E-state index in [1.165, 1.54) is 18.2 Å². The number of aromatic nitrogens is 2. The number of allylic oxidation sites excluding steroid dienone is 1. The van der Waals surface area contributed by atoms with Crippen molar-refractivity contribution in [2.24, 2.45) is 4.99 Å². The Balaban J connectivity index is 1.60. The highest BCUT2D eigenvalue weighted by Crippen LogP contribution is 2.42. The van der Waals surface area contributed by atoms with Crippen molar-refractivity contribution in [3.05, 3.63) is 105 Å². The summed E-state index contributed by atoms with van der Waals surface area (Å²) in [5, 5.41) is 10.2. The number of aliphatic imine (C=N–C) groups is 1. The molecule has 0 saturated heterocycles. The lowest BCUT2D eigenvalue weighted by atomic mass is 9.84. The molecule has 0 saturated carbocycles. The Hall–Kier alpha value is -5.23. The molecular weight excluding hydrogens is 596 g/mol. The number of nitrogens with one attached hydrogen (secondary N) is 1. The molecule has 1 aliphatic rings. The minimum Gasteiger partial charge on any atom is -0.494 e. The summed E-state index contributed by atoms with van der Waals surface area (Å²) >= 11 is 0.868. The molecule has 0 spiro atoms. The summed E-state index contributed by atoms with van der Waals surface area (Å²) < 4.78 is 17.5. The predicted molar refractivity (Wildman–Crippen MR) is 171 cm³/mol. The van der Waals surface area contributed by atoms with Crippen LogP contribution >= 0.6 is 11.3 Å². The van der Waals surface area contributed by atoms with Crippen molar-refractivity contribution < 1.29 is 28.9 Å². The van der Waals surface area contributed by atoms with E-state index in [-0.39, 0.29) is 18.9 Å². The van der Waals surface area contributed by atoms with E-state index in [2.05, 4.69) is 9.97 Å². The topological polar surface area (TPSA) is 143 Å². The van der Waals surface area contributed by atoms with Gasteiger partial charge in [-0.15, -0.1) is 0 Å². The number of carbonyl (C=O) groups is 2. The first-order chi connectivity index (χ1) is 21.4. The molecule has 1 unspecified atom stereocenters. The van der Waals surface area contributed by atoms with Crippen LogP contribution in [-0.2, 0) is 21.5 Å². The minimum absolute atomic E-state index is 0.144. The molecule has 2 aromatic carbocycles. The third-order valence-corrected chi connectivity index (χ3v) is 7.57. The Morgan fingerprint density at radius 2 is 1.80 bits per heavy atom. The first-order valence-corrected chi connectivity index (χ1v) is 14.8. The van der Waals surface area contributed by atoms with E-state index in [1.807, 2.05) is 6.07 Å². The monoisotopic (exact) mass is 628 g/mol. The number of aromatic amines is 1. The summed E-state index contributed by atoms with van der Waals surface area (Å²) in [6, 6.07) is 19.1. The van der Waals surface area contributed by atoms with Crippen molar-refractivity contribution in [1.29, 1.82) is 0 Å². The summed E-state index contributed by atoms with van der Waals surface area (Å²) in [7, 11) is 1.54. The Kier molecular flexibility index (Phi) is 8.87. The van der Waals surface area contributed by atoms with Gasteiger partial charge >= 0.3 is 11.0 Å². The van der Waals surface area contributed by atoms with E-state index in [0.29, 0.717) is 39.1 Å². The fourth-order valence-electron chi connectivity index (χ4n) is 4.64. The standard InChI is InChI=1S/C33H32N4O7S/c1-32(2,3)44-31(41)37(4)25-17-23(43-28-12-8-9-15-34-28)13-14-24(25)33(27(38)20-42-22-10-6-5-7-11-22)18-21(19-35-33)16-26-29(39)36-30(40)45-26/h5-15,17-19,39H,16,20H2,1-4H3,(H,36,40). The molecule has 11 nitrogen and oxygen atoms in total. The highest BCUT2D eigenvalue weighted by Gasteiger charge is 2.43. The summed E-state index contributed by atoms with van der Waals surface area (Å²) in [4.78, 5) is 51.9. The number of anilines is 1. The van der Waals surface area contributed by atoms with E-state index >= 15 is 0 Å². The second-order valence-electron chi connectivity index (χ2n) is 11.2. The van der Waals surface area contributed by atoms with Crippen molar-refractivity contribution >= 4 is 35.1 Å². The lowest BCUT2D eigenvalue weighted by molar-refractivity contribution is -0.124. The number of benzene rings is 2. The fourth-order valence-corrected chi connectivity index (χ4v) is 5.40. The number of para-hydroxylation sites is 1. The third-order valence-electron chi connectivity index (χ3n) is 6.70. The number of ketones is 1. The molecular formula is C33H32N4O7S. The van der Waals surface area contributed by atoms with Gasteiger partial charge in [0, 0.05) is 43.6 Å². The highest BCUT2D eigenvalue weighted by molar-refractivity contribution is 7.09. The zero-order valence-electron chi connectivity index (χ0n) is 25.1. The molecule has 3 heterocycles. The van der Waals surface area contributed by atoms with Crippen LogP contribution in [0.5, 0.6) is 23.3 Å². The van der Waals surface area contributed by atoms with Crippen LogP contribution in [0.2, 0.25) is 0 Å². The molecule has 232 valence electrons. The van der Waals surface area contributed by atoms with Crippen LogP contribution in [0.15, 0.2) is 94.4 Å². The molecule has 45 heavy (non-hydrogen) atoms. The van der Waals surface area contributed by atoms with Gasteiger partial charge in [0.1, 0.15) is 23.7 Å². The van der Waals surface area contributed by atoms with Gasteiger partial charge in [-0.1, -0.05) is 35.6 Å². The number of aromatic hydroxyl groups is 1. The predicted octanol–water partition coefficient (Wildman–Crippen LogP) is 5.80. The van der Waals surface area contributed by atoms with Crippen LogP contribution in [0, 0.1) is 0 Å². The number of amides is 1. The molecule has 0 fully saturated rings. The molecule has 0 bridgehead atoms. The summed E-state index contributed by atoms with van der Waals surface area (Å²) in [6.45, 7) is 4.93. The fraction of sp³-hybridized carbons (Fsp3) is 0.242. The quantitative estimate of drug-likeness (QED) is 0.224. The van der Waals surface area contributed by atoms with Crippen molar-refractivity contribution in [2.45, 2.75) is 38.3 Å². The van der Waals surface area contributed by atoms with E-state index in [0.717, 1.165) is 11.3 Å². The normalized spacial score (nSPS) is 15.8. The van der Waals surface area contributed by atoms with Crippen LogP contribution in [0.1, 0.15) is 31.2 Å². The molecule has 0 radical (unpaired) electrons. The number of Topliss-reactive ketones (excluding diaryl/α,β-unsaturated/α-hetero) is 1. The Morgan fingerprint density at radius 1 is 1.04 bits per heavy atom. The largest absolute Gasteiger partial charge is 0.494 e. The average molecular weight is 629 g/mol. The smallest absolute Gasteiger partial charge is 0.414 e. The number of nitrogens with zero attached hydrogens (tertiary/aromatic N) is 3. The van der Waals surface area contributed by atoms with Crippen LogP contribution in [0.3, 0.4) is 0 Å². The number of hydrogen-bond donors (Lipinski definition) is 2. The Labute approximate surface area is 263 Å². The minimum atomic E-state index is -1.63. The number of thiazole rings is 1. The molecule has 12 heteroatoms. The van der Waals surface area contributed by atoms with E-state index < -0.39 is 27.9 Å². The van der Waals surface area contributed by atoms with Gasteiger partial charge in [0.15, 0.2) is 5.54 Å². The van der Waals surface area contributed by atoms with Gasteiger partial charge in [-0.25, -0.2) is 9.78 Å². The van der Waals surface area contributed by atoms with Gasteiger partial charge in [0.2, 0.25) is 17.5 Å².